The van der Waals surface area contributed by atoms with Crippen LogP contribution in [-0.2, 0) is 4.79 Å². The van der Waals surface area contributed by atoms with Crippen molar-refractivity contribution in [3.05, 3.63) is 35.4 Å². The second kappa shape index (κ2) is 7.45. The van der Waals surface area contributed by atoms with Gasteiger partial charge >= 0.3 is 0 Å². The predicted octanol–water partition coefficient (Wildman–Crippen LogP) is 4.32. The molecule has 6 rings (SSSR count). The maximum atomic E-state index is 12.9. The maximum absolute atomic E-state index is 12.9. The summed E-state index contributed by atoms with van der Waals surface area (Å²) >= 11 is 0. The summed E-state index contributed by atoms with van der Waals surface area (Å²) in [4.78, 5) is 27.5. The van der Waals surface area contributed by atoms with Gasteiger partial charge in [0.1, 0.15) is 0 Å². The molecule has 5 fully saturated rings. The second-order valence-corrected chi connectivity index (χ2v) is 10.6. The Labute approximate surface area is 174 Å². The third-order valence-corrected chi connectivity index (χ3v) is 8.15. The van der Waals surface area contributed by atoms with Gasteiger partial charge in [-0.3, -0.25) is 9.59 Å². The van der Waals surface area contributed by atoms with Gasteiger partial charge in [0, 0.05) is 31.1 Å². The van der Waals surface area contributed by atoms with Crippen molar-refractivity contribution in [1.29, 1.82) is 0 Å². The Morgan fingerprint density at radius 2 is 1.52 bits per heavy atom. The third kappa shape index (κ3) is 3.95. The minimum Gasteiger partial charge on any atom is -0.353 e. The molecular formula is C25H34N2O2. The number of carbonyl (C=O) groups is 2. The molecule has 156 valence electrons. The molecule has 0 spiro atoms. The van der Waals surface area contributed by atoms with Crippen LogP contribution in [-0.4, -0.2) is 35.8 Å². The third-order valence-electron chi connectivity index (χ3n) is 8.15. The van der Waals surface area contributed by atoms with Crippen LogP contribution >= 0.6 is 0 Å². The second-order valence-electron chi connectivity index (χ2n) is 10.6. The van der Waals surface area contributed by atoms with Gasteiger partial charge in [0.15, 0.2) is 0 Å². The van der Waals surface area contributed by atoms with Gasteiger partial charge in [0.25, 0.3) is 5.91 Å². The van der Waals surface area contributed by atoms with Crippen molar-refractivity contribution in [2.75, 3.05) is 13.1 Å². The van der Waals surface area contributed by atoms with Crippen molar-refractivity contribution in [3.8, 4) is 0 Å². The summed E-state index contributed by atoms with van der Waals surface area (Å²) in [5, 5.41) is 3.32. The van der Waals surface area contributed by atoms with Gasteiger partial charge in [-0.05, 0) is 93.6 Å². The largest absolute Gasteiger partial charge is 0.353 e. The minimum atomic E-state index is 0.114. The lowest BCUT2D eigenvalue weighted by Crippen LogP contribution is -2.50. The number of nitrogens with zero attached hydrogens (tertiary/aromatic N) is 1. The molecule has 1 aromatic carbocycles. The van der Waals surface area contributed by atoms with Crippen LogP contribution in [0.2, 0.25) is 0 Å². The fourth-order valence-corrected chi connectivity index (χ4v) is 7.23. The van der Waals surface area contributed by atoms with Crippen molar-refractivity contribution < 1.29 is 9.59 Å². The van der Waals surface area contributed by atoms with Gasteiger partial charge < -0.3 is 10.2 Å². The highest BCUT2D eigenvalue weighted by Crippen LogP contribution is 2.61. The number of benzene rings is 1. The zero-order valence-corrected chi connectivity index (χ0v) is 17.7. The van der Waals surface area contributed by atoms with E-state index in [0.29, 0.717) is 5.41 Å². The van der Waals surface area contributed by atoms with Crippen LogP contribution in [0.5, 0.6) is 0 Å². The highest BCUT2D eigenvalue weighted by atomic mass is 16.2. The summed E-state index contributed by atoms with van der Waals surface area (Å²) in [5.41, 5.74) is 2.24. The number of piperidine rings is 1. The molecule has 4 saturated carbocycles. The normalized spacial score (nSPS) is 33.7. The molecule has 2 amide bonds. The lowest BCUT2D eigenvalue weighted by Gasteiger charge is -2.56. The average molecular weight is 395 g/mol. The molecule has 29 heavy (non-hydrogen) atoms. The van der Waals surface area contributed by atoms with Gasteiger partial charge in [0.2, 0.25) is 5.91 Å². The van der Waals surface area contributed by atoms with Crippen molar-refractivity contribution >= 4 is 11.8 Å². The molecule has 5 aliphatic rings. The Kier molecular flexibility index (Phi) is 4.92. The first kappa shape index (κ1) is 19.1. The highest BCUT2D eigenvalue weighted by molar-refractivity contribution is 5.94. The topological polar surface area (TPSA) is 49.4 Å². The molecule has 0 radical (unpaired) electrons. The van der Waals surface area contributed by atoms with Crippen LogP contribution in [0.25, 0.3) is 0 Å². The van der Waals surface area contributed by atoms with E-state index in [9.17, 15) is 9.59 Å². The van der Waals surface area contributed by atoms with Gasteiger partial charge in [-0.2, -0.15) is 0 Å². The molecule has 1 aromatic rings. The van der Waals surface area contributed by atoms with Crippen molar-refractivity contribution in [1.82, 2.24) is 10.2 Å². The molecular weight excluding hydrogens is 360 g/mol. The van der Waals surface area contributed by atoms with Crippen LogP contribution in [0.1, 0.15) is 73.7 Å². The lowest BCUT2D eigenvalue weighted by molar-refractivity contribution is -0.130. The summed E-state index contributed by atoms with van der Waals surface area (Å²) < 4.78 is 0. The minimum absolute atomic E-state index is 0.114. The van der Waals surface area contributed by atoms with Crippen LogP contribution < -0.4 is 5.32 Å². The van der Waals surface area contributed by atoms with E-state index in [2.05, 4.69) is 5.32 Å². The molecule has 0 aromatic heterocycles. The number of rotatable bonds is 4. The Balaban J connectivity index is 1.12. The fourth-order valence-electron chi connectivity index (χ4n) is 7.23. The van der Waals surface area contributed by atoms with Crippen molar-refractivity contribution in [2.45, 2.75) is 70.8 Å². The van der Waals surface area contributed by atoms with Crippen molar-refractivity contribution in [2.24, 2.45) is 23.2 Å². The van der Waals surface area contributed by atoms with E-state index in [4.69, 9.17) is 0 Å². The molecule has 4 nitrogen and oxygen atoms in total. The van der Waals surface area contributed by atoms with Gasteiger partial charge in [-0.15, -0.1) is 0 Å². The Morgan fingerprint density at radius 3 is 2.07 bits per heavy atom. The zero-order chi connectivity index (χ0) is 20.0. The van der Waals surface area contributed by atoms with Crippen LogP contribution in [0.3, 0.4) is 0 Å². The number of hydrogen-bond acceptors (Lipinski definition) is 2. The molecule has 1 N–H and O–H groups in total. The van der Waals surface area contributed by atoms with Crippen LogP contribution in [0, 0.1) is 30.1 Å². The first-order chi connectivity index (χ1) is 14.0. The van der Waals surface area contributed by atoms with Crippen LogP contribution in [0.15, 0.2) is 24.3 Å². The van der Waals surface area contributed by atoms with Crippen LogP contribution in [0.4, 0.5) is 0 Å². The maximum Gasteiger partial charge on any atom is 0.253 e. The number of hydrogen-bond donors (Lipinski definition) is 1. The molecule has 0 atom stereocenters. The molecule has 4 heteroatoms. The monoisotopic (exact) mass is 394 g/mol. The van der Waals surface area contributed by atoms with Gasteiger partial charge in [-0.25, -0.2) is 0 Å². The first-order valence-corrected chi connectivity index (χ1v) is 11.6. The number of aryl methyl sites for hydroxylation is 1. The number of carbonyl (C=O) groups excluding carboxylic acids is 2. The molecule has 1 saturated heterocycles. The SMILES string of the molecule is Cc1ccc(C(=O)N2CCC(NC(=O)CC34CC5CC(CC(C5)C3)C4)CC2)cc1. The molecule has 1 aliphatic heterocycles. The summed E-state index contributed by atoms with van der Waals surface area (Å²) in [6, 6.07) is 8.03. The van der Waals surface area contributed by atoms with Crippen molar-refractivity contribution in [3.63, 3.8) is 0 Å². The molecule has 1 heterocycles. The van der Waals surface area contributed by atoms with Gasteiger partial charge in [-0.1, -0.05) is 17.7 Å². The smallest absolute Gasteiger partial charge is 0.253 e. The summed E-state index contributed by atoms with van der Waals surface area (Å²) in [6.45, 7) is 3.50. The summed E-state index contributed by atoms with van der Waals surface area (Å²) in [7, 11) is 0. The molecule has 4 aliphatic carbocycles. The van der Waals surface area contributed by atoms with E-state index in [0.717, 1.165) is 55.7 Å². The van der Waals surface area contributed by atoms with E-state index < -0.39 is 0 Å². The fraction of sp³-hybridized carbons (Fsp3) is 0.680. The summed E-state index contributed by atoms with van der Waals surface area (Å²) in [5.74, 6) is 3.05. The van der Waals surface area contributed by atoms with E-state index in [1.807, 2.05) is 36.1 Å². The van der Waals surface area contributed by atoms with E-state index in [-0.39, 0.29) is 17.9 Å². The predicted molar refractivity (Wildman–Crippen MR) is 113 cm³/mol. The number of nitrogens with one attached hydrogen (secondary N) is 1. The Morgan fingerprint density at radius 1 is 0.966 bits per heavy atom. The Hall–Kier alpha value is -1.84. The molecule has 0 unspecified atom stereocenters. The van der Waals surface area contributed by atoms with E-state index in [1.54, 1.807) is 0 Å². The first-order valence-electron chi connectivity index (χ1n) is 11.6. The quantitative estimate of drug-likeness (QED) is 0.827. The number of likely N-dealkylation sites (tertiary alicyclic amines) is 1. The molecule has 4 bridgehead atoms. The van der Waals surface area contributed by atoms with Gasteiger partial charge in [0.05, 0.1) is 0 Å². The zero-order valence-electron chi connectivity index (χ0n) is 17.7. The highest BCUT2D eigenvalue weighted by Gasteiger charge is 2.51. The standard InChI is InChI=1S/C25H34N2O2/c1-17-2-4-21(5-3-17)24(29)27-8-6-22(7-9-27)26-23(28)16-25-13-18-10-19(14-25)12-20(11-18)15-25/h2-5,18-20,22H,6-16H2,1H3,(H,26,28). The number of amides is 2. The lowest BCUT2D eigenvalue weighted by atomic mass is 9.49. The Bertz CT molecular complexity index is 741. The average Bonchev–Trinajstić information content (AvgIpc) is 2.67. The summed E-state index contributed by atoms with van der Waals surface area (Å²) in [6.07, 6.45) is 10.6. The van der Waals surface area contributed by atoms with E-state index in [1.165, 1.54) is 44.1 Å². The van der Waals surface area contributed by atoms with E-state index >= 15 is 0 Å².